The molecule has 0 nitrogen and oxygen atoms in total. The summed E-state index contributed by atoms with van der Waals surface area (Å²) in [4.78, 5) is 0. The van der Waals surface area contributed by atoms with Crippen molar-refractivity contribution in [3.8, 4) is 0 Å². The van der Waals surface area contributed by atoms with Gasteiger partial charge < -0.3 is 0 Å². The molecule has 2 atom stereocenters. The van der Waals surface area contributed by atoms with Crippen molar-refractivity contribution in [1.82, 2.24) is 0 Å². The van der Waals surface area contributed by atoms with Crippen LogP contribution in [0, 0.1) is 16.7 Å². The molecule has 0 spiro atoms. The Morgan fingerprint density at radius 2 is 2.00 bits per heavy atom. The van der Waals surface area contributed by atoms with Crippen molar-refractivity contribution in [2.45, 2.75) is 66.7 Å². The molecule has 1 rings (SSSR count). The van der Waals surface area contributed by atoms with Gasteiger partial charge in [-0.25, -0.2) is 0 Å². The Bertz CT molecular complexity index is 236. The van der Waals surface area contributed by atoms with Crippen LogP contribution in [0.15, 0.2) is 12.2 Å². The van der Waals surface area contributed by atoms with Gasteiger partial charge in [-0.15, -0.1) is 0 Å². The molecule has 0 N–H and O–H groups in total. The lowest BCUT2D eigenvalue weighted by Gasteiger charge is -2.51. The zero-order chi connectivity index (χ0) is 11.7. The number of hydrogen-bond acceptors (Lipinski definition) is 0. The quantitative estimate of drug-likeness (QED) is 0.559. The van der Waals surface area contributed by atoms with Crippen LogP contribution in [0.3, 0.4) is 0 Å². The van der Waals surface area contributed by atoms with Gasteiger partial charge in [0.1, 0.15) is 0 Å². The Kier molecular flexibility index (Phi) is 3.68. The van der Waals surface area contributed by atoms with Crippen LogP contribution in [-0.4, -0.2) is 0 Å². The highest BCUT2D eigenvalue weighted by atomic mass is 14.5. The molecule has 0 heteroatoms. The lowest BCUT2D eigenvalue weighted by Crippen LogP contribution is -2.41. The van der Waals surface area contributed by atoms with Gasteiger partial charge in [0.25, 0.3) is 0 Å². The third-order valence-corrected chi connectivity index (χ3v) is 4.96. The van der Waals surface area contributed by atoms with Crippen molar-refractivity contribution in [3.63, 3.8) is 0 Å². The van der Waals surface area contributed by atoms with Crippen molar-refractivity contribution >= 4 is 0 Å². The Balaban J connectivity index is 2.97. The zero-order valence-corrected chi connectivity index (χ0v) is 11.3. The Hall–Kier alpha value is -0.260. The maximum Gasteiger partial charge on any atom is -0.0209 e. The van der Waals surface area contributed by atoms with Gasteiger partial charge in [-0.3, -0.25) is 0 Å². The summed E-state index contributed by atoms with van der Waals surface area (Å²) in [6.07, 6.45) is 6.48. The van der Waals surface area contributed by atoms with Crippen LogP contribution >= 0.6 is 0 Å². The van der Waals surface area contributed by atoms with Gasteiger partial charge in [-0.2, -0.15) is 0 Å². The van der Waals surface area contributed by atoms with Crippen molar-refractivity contribution in [3.05, 3.63) is 12.2 Å². The summed E-state index contributed by atoms with van der Waals surface area (Å²) in [6.45, 7) is 16.2. The first-order valence-electron chi connectivity index (χ1n) is 6.53. The molecule has 0 amide bonds. The topological polar surface area (TPSA) is 0 Å². The number of rotatable bonds is 3. The molecule has 1 aliphatic carbocycles. The molecule has 0 radical (unpaired) electrons. The maximum atomic E-state index is 4.26. The summed E-state index contributed by atoms with van der Waals surface area (Å²) in [7, 11) is 0. The summed E-state index contributed by atoms with van der Waals surface area (Å²) >= 11 is 0. The fourth-order valence-electron chi connectivity index (χ4n) is 3.49. The Morgan fingerprint density at radius 1 is 1.40 bits per heavy atom. The van der Waals surface area contributed by atoms with Gasteiger partial charge in [-0.05, 0) is 42.4 Å². The summed E-state index contributed by atoms with van der Waals surface area (Å²) in [5.74, 6) is 0.831. The highest BCUT2D eigenvalue weighted by molar-refractivity contribution is 5.09. The van der Waals surface area contributed by atoms with Crippen LogP contribution in [0.2, 0.25) is 0 Å². The van der Waals surface area contributed by atoms with Crippen LogP contribution in [0.5, 0.6) is 0 Å². The van der Waals surface area contributed by atoms with E-state index in [9.17, 15) is 0 Å². The molecular formula is C15H28. The smallest absolute Gasteiger partial charge is 0.0209 e. The minimum Gasteiger partial charge on any atom is -0.0998 e. The first-order valence-corrected chi connectivity index (χ1v) is 6.53. The van der Waals surface area contributed by atoms with Gasteiger partial charge in [0.05, 0.1) is 0 Å². The second-order valence-electron chi connectivity index (χ2n) is 6.31. The van der Waals surface area contributed by atoms with E-state index in [0.29, 0.717) is 10.8 Å². The maximum absolute atomic E-state index is 4.26. The molecule has 0 bridgehead atoms. The predicted octanol–water partition coefficient (Wildman–Crippen LogP) is 5.20. The molecule has 15 heavy (non-hydrogen) atoms. The molecule has 0 aliphatic heterocycles. The fourth-order valence-corrected chi connectivity index (χ4v) is 3.49. The van der Waals surface area contributed by atoms with Gasteiger partial charge >= 0.3 is 0 Å². The number of hydrogen-bond donors (Lipinski definition) is 0. The highest BCUT2D eigenvalue weighted by Crippen LogP contribution is 2.55. The molecule has 0 aromatic heterocycles. The van der Waals surface area contributed by atoms with E-state index < -0.39 is 0 Å². The van der Waals surface area contributed by atoms with E-state index in [-0.39, 0.29) is 0 Å². The molecule has 1 saturated carbocycles. The molecule has 2 unspecified atom stereocenters. The minimum atomic E-state index is 0.458. The van der Waals surface area contributed by atoms with Crippen molar-refractivity contribution in [1.29, 1.82) is 0 Å². The highest BCUT2D eigenvalue weighted by Gasteiger charge is 2.45. The standard InChI is InChI=1S/C15H28/c1-7-14(5,6)15(8-2)10-12(3)9-13(4)11-15/h13H,3,7-11H2,1-2,4-6H3. The number of allylic oxidation sites excluding steroid dienone is 1. The van der Waals surface area contributed by atoms with E-state index in [1.54, 1.807) is 0 Å². The lowest BCUT2D eigenvalue weighted by atomic mass is 9.54. The molecule has 0 heterocycles. The summed E-state index contributed by atoms with van der Waals surface area (Å²) < 4.78 is 0. The zero-order valence-electron chi connectivity index (χ0n) is 11.3. The van der Waals surface area contributed by atoms with Gasteiger partial charge in [-0.1, -0.05) is 53.2 Å². The van der Waals surface area contributed by atoms with Crippen LogP contribution in [0.4, 0.5) is 0 Å². The summed E-state index contributed by atoms with van der Waals surface area (Å²) in [6, 6.07) is 0. The van der Waals surface area contributed by atoms with Gasteiger partial charge in [0.2, 0.25) is 0 Å². The van der Waals surface area contributed by atoms with Crippen LogP contribution in [0.25, 0.3) is 0 Å². The van der Waals surface area contributed by atoms with Crippen LogP contribution in [-0.2, 0) is 0 Å². The second kappa shape index (κ2) is 4.31. The predicted molar refractivity (Wildman–Crippen MR) is 69.0 cm³/mol. The third-order valence-electron chi connectivity index (χ3n) is 4.96. The van der Waals surface area contributed by atoms with E-state index in [2.05, 4.69) is 41.2 Å². The third kappa shape index (κ3) is 2.29. The average molecular weight is 208 g/mol. The first-order chi connectivity index (χ1) is 6.87. The molecule has 0 saturated heterocycles. The molecule has 0 aromatic carbocycles. The Morgan fingerprint density at radius 3 is 2.40 bits per heavy atom. The van der Waals surface area contributed by atoms with Gasteiger partial charge in [0, 0.05) is 0 Å². The molecular weight excluding hydrogens is 180 g/mol. The summed E-state index contributed by atoms with van der Waals surface area (Å²) in [5.41, 5.74) is 2.45. The Labute approximate surface area is 96.2 Å². The van der Waals surface area contributed by atoms with Crippen LogP contribution < -0.4 is 0 Å². The molecule has 0 aromatic rings. The fraction of sp³-hybridized carbons (Fsp3) is 0.867. The van der Waals surface area contributed by atoms with E-state index in [0.717, 1.165) is 5.92 Å². The van der Waals surface area contributed by atoms with E-state index in [1.807, 2.05) is 0 Å². The molecule has 88 valence electrons. The normalized spacial score (nSPS) is 33.1. The van der Waals surface area contributed by atoms with Crippen LogP contribution in [0.1, 0.15) is 66.7 Å². The van der Waals surface area contributed by atoms with Crippen molar-refractivity contribution in [2.24, 2.45) is 16.7 Å². The minimum absolute atomic E-state index is 0.458. The van der Waals surface area contributed by atoms with E-state index in [4.69, 9.17) is 0 Å². The largest absolute Gasteiger partial charge is 0.0998 e. The average Bonchev–Trinajstić information content (AvgIpc) is 2.15. The van der Waals surface area contributed by atoms with Crippen molar-refractivity contribution in [2.75, 3.05) is 0 Å². The molecule has 1 fully saturated rings. The first kappa shape index (κ1) is 12.8. The van der Waals surface area contributed by atoms with E-state index in [1.165, 1.54) is 37.7 Å². The lowest BCUT2D eigenvalue weighted by molar-refractivity contribution is 0.0170. The monoisotopic (exact) mass is 208 g/mol. The molecule has 1 aliphatic rings. The van der Waals surface area contributed by atoms with Gasteiger partial charge in [0.15, 0.2) is 0 Å². The second-order valence-corrected chi connectivity index (χ2v) is 6.31. The summed E-state index contributed by atoms with van der Waals surface area (Å²) in [5, 5.41) is 0. The van der Waals surface area contributed by atoms with E-state index >= 15 is 0 Å². The SMILES string of the molecule is C=C1CC(C)CC(CC)(C(C)(C)CC)C1. The van der Waals surface area contributed by atoms with Crippen molar-refractivity contribution < 1.29 is 0 Å².